The summed E-state index contributed by atoms with van der Waals surface area (Å²) in [7, 11) is 0. The van der Waals surface area contributed by atoms with Gasteiger partial charge in [-0.05, 0) is 37.5 Å². The van der Waals surface area contributed by atoms with E-state index >= 15 is 0 Å². The van der Waals surface area contributed by atoms with E-state index < -0.39 is 35.0 Å². The highest BCUT2D eigenvalue weighted by molar-refractivity contribution is 5.99. The minimum Gasteiger partial charge on any atom is -0.395 e. The van der Waals surface area contributed by atoms with Gasteiger partial charge in [-0.25, -0.2) is 4.68 Å². The number of nitrogens with zero attached hydrogens (tertiary/aromatic N) is 4. The summed E-state index contributed by atoms with van der Waals surface area (Å²) in [4.78, 5) is 42.4. The Kier molecular flexibility index (Phi) is 5.92. The van der Waals surface area contributed by atoms with Crippen molar-refractivity contribution in [2.45, 2.75) is 50.2 Å². The Bertz CT molecular complexity index is 1390. The summed E-state index contributed by atoms with van der Waals surface area (Å²) in [5.41, 5.74) is 0.395. The fourth-order valence-electron chi connectivity index (χ4n) is 6.65. The molecule has 11 nitrogen and oxygen atoms in total. The van der Waals surface area contributed by atoms with E-state index in [0.29, 0.717) is 24.9 Å². The van der Waals surface area contributed by atoms with Crippen LogP contribution in [0.5, 0.6) is 0 Å². The van der Waals surface area contributed by atoms with E-state index in [2.05, 4.69) is 20.9 Å². The molecule has 11 heteroatoms. The predicted octanol–water partition coefficient (Wildman–Crippen LogP) is 0.578. The number of para-hydroxylation sites is 1. The zero-order valence-corrected chi connectivity index (χ0v) is 21.0. The van der Waals surface area contributed by atoms with Gasteiger partial charge in [0.1, 0.15) is 23.8 Å². The van der Waals surface area contributed by atoms with E-state index in [-0.39, 0.29) is 31.6 Å². The van der Waals surface area contributed by atoms with Gasteiger partial charge in [-0.2, -0.15) is 0 Å². The van der Waals surface area contributed by atoms with Crippen molar-refractivity contribution in [2.24, 2.45) is 11.8 Å². The molecule has 1 spiro atoms. The van der Waals surface area contributed by atoms with Gasteiger partial charge in [0.25, 0.3) is 0 Å². The first-order valence-electron chi connectivity index (χ1n) is 12.9. The first kappa shape index (κ1) is 24.5. The first-order valence-corrected chi connectivity index (χ1v) is 12.9. The number of hydrogen-bond acceptors (Lipinski definition) is 7. The van der Waals surface area contributed by atoms with Crippen molar-refractivity contribution in [1.29, 1.82) is 0 Å². The number of carbonyl (C=O) groups is 3. The van der Waals surface area contributed by atoms with Gasteiger partial charge in [0.2, 0.25) is 17.7 Å². The molecular formula is C27H30N6O5. The van der Waals surface area contributed by atoms with Gasteiger partial charge in [0.15, 0.2) is 0 Å². The molecule has 38 heavy (non-hydrogen) atoms. The molecule has 2 bridgehead atoms. The van der Waals surface area contributed by atoms with Gasteiger partial charge in [0.05, 0.1) is 29.6 Å². The van der Waals surface area contributed by atoms with Crippen LogP contribution in [0.15, 0.2) is 54.6 Å². The van der Waals surface area contributed by atoms with Crippen LogP contribution in [0, 0.1) is 11.8 Å². The molecule has 3 fully saturated rings. The van der Waals surface area contributed by atoms with Crippen LogP contribution in [0.1, 0.15) is 25.3 Å². The lowest BCUT2D eigenvalue weighted by Crippen LogP contribution is -2.55. The number of fused-ring (bicyclic) bond motifs is 2. The van der Waals surface area contributed by atoms with Gasteiger partial charge in [-0.15, -0.1) is 5.10 Å². The van der Waals surface area contributed by atoms with Crippen LogP contribution < -0.4 is 10.6 Å². The van der Waals surface area contributed by atoms with Crippen LogP contribution in [-0.2, 0) is 32.3 Å². The molecule has 1 aromatic heterocycles. The van der Waals surface area contributed by atoms with Crippen molar-refractivity contribution in [3.05, 3.63) is 60.2 Å². The topological polar surface area (TPSA) is 139 Å². The number of aliphatic hydroxyl groups is 1. The third kappa shape index (κ3) is 3.68. The molecule has 3 saturated heterocycles. The predicted molar refractivity (Wildman–Crippen MR) is 135 cm³/mol. The second kappa shape index (κ2) is 9.17. The highest BCUT2D eigenvalue weighted by Gasteiger charge is 2.77. The van der Waals surface area contributed by atoms with E-state index in [0.717, 1.165) is 11.1 Å². The Balaban J connectivity index is 1.26. The molecule has 2 aromatic carbocycles. The van der Waals surface area contributed by atoms with Crippen molar-refractivity contribution < 1.29 is 24.2 Å². The molecule has 3 aliphatic heterocycles. The van der Waals surface area contributed by atoms with Crippen LogP contribution >= 0.6 is 0 Å². The lowest BCUT2D eigenvalue weighted by molar-refractivity contribution is -0.146. The van der Waals surface area contributed by atoms with Crippen molar-refractivity contribution in [3.8, 4) is 0 Å². The normalized spacial score (nSPS) is 29.6. The van der Waals surface area contributed by atoms with Crippen LogP contribution in [0.25, 0.3) is 11.0 Å². The SMILES string of the molecule is C[C@]12CCC3(O1)C(C(=O)NCn1nnc4ccccc41)N(CCO)C(=O)[C@@H]3[C@H]2C(=O)NCc1ccccc1. The quantitative estimate of drug-likeness (QED) is 0.396. The number of hydrogen-bond donors (Lipinski definition) is 3. The van der Waals surface area contributed by atoms with Gasteiger partial charge in [0, 0.05) is 13.1 Å². The van der Waals surface area contributed by atoms with Crippen molar-refractivity contribution in [3.63, 3.8) is 0 Å². The number of rotatable bonds is 8. The Morgan fingerprint density at radius 3 is 2.63 bits per heavy atom. The molecule has 0 aliphatic carbocycles. The summed E-state index contributed by atoms with van der Waals surface area (Å²) < 4.78 is 8.12. The zero-order chi connectivity index (χ0) is 26.5. The number of carbonyl (C=O) groups excluding carboxylic acids is 3. The summed E-state index contributed by atoms with van der Waals surface area (Å²) in [5.74, 6) is -2.58. The van der Waals surface area contributed by atoms with Crippen molar-refractivity contribution in [1.82, 2.24) is 30.5 Å². The Morgan fingerprint density at radius 1 is 1.08 bits per heavy atom. The molecule has 4 heterocycles. The number of amides is 3. The van der Waals surface area contributed by atoms with E-state index in [1.54, 1.807) is 4.68 Å². The van der Waals surface area contributed by atoms with Gasteiger partial charge in [-0.1, -0.05) is 47.7 Å². The maximum atomic E-state index is 13.8. The second-order valence-electron chi connectivity index (χ2n) is 10.5. The molecule has 5 atom stereocenters. The summed E-state index contributed by atoms with van der Waals surface area (Å²) in [5, 5.41) is 23.8. The number of β-amino-alcohol motifs (C(OH)–C–C–N with tert-alkyl or cyclic N) is 1. The number of ether oxygens (including phenoxy) is 1. The number of aliphatic hydroxyl groups excluding tert-OH is 1. The molecule has 0 saturated carbocycles. The van der Waals surface area contributed by atoms with Gasteiger partial charge in [-0.3, -0.25) is 14.4 Å². The van der Waals surface area contributed by atoms with E-state index in [4.69, 9.17) is 4.74 Å². The highest BCUT2D eigenvalue weighted by Crippen LogP contribution is 2.63. The van der Waals surface area contributed by atoms with E-state index in [1.165, 1.54) is 4.90 Å². The molecule has 3 aromatic rings. The highest BCUT2D eigenvalue weighted by atomic mass is 16.5. The number of aromatic nitrogens is 3. The molecule has 2 unspecified atom stereocenters. The number of likely N-dealkylation sites (tertiary alicyclic amines) is 1. The Morgan fingerprint density at radius 2 is 1.84 bits per heavy atom. The van der Waals surface area contributed by atoms with Crippen LogP contribution in [-0.4, -0.2) is 73.1 Å². The average molecular weight is 519 g/mol. The third-order valence-electron chi connectivity index (χ3n) is 8.28. The van der Waals surface area contributed by atoms with Crippen LogP contribution in [0.2, 0.25) is 0 Å². The summed E-state index contributed by atoms with van der Waals surface area (Å²) in [6, 6.07) is 16.0. The molecule has 6 rings (SSSR count). The summed E-state index contributed by atoms with van der Waals surface area (Å²) in [6.45, 7) is 1.90. The Hall–Kier alpha value is -3.83. The summed E-state index contributed by atoms with van der Waals surface area (Å²) >= 11 is 0. The van der Waals surface area contributed by atoms with Crippen LogP contribution in [0.3, 0.4) is 0 Å². The maximum Gasteiger partial charge on any atom is 0.247 e. The lowest BCUT2D eigenvalue weighted by Gasteiger charge is -2.33. The summed E-state index contributed by atoms with van der Waals surface area (Å²) in [6.07, 6.45) is 1.01. The van der Waals surface area contributed by atoms with Crippen molar-refractivity contribution >= 4 is 28.8 Å². The monoisotopic (exact) mass is 518 g/mol. The fraction of sp³-hybridized carbons (Fsp3) is 0.444. The molecule has 3 N–H and O–H groups in total. The van der Waals surface area contributed by atoms with Gasteiger partial charge >= 0.3 is 0 Å². The molecule has 198 valence electrons. The Labute approximate surface area is 219 Å². The number of benzene rings is 2. The van der Waals surface area contributed by atoms with Crippen LogP contribution in [0.4, 0.5) is 0 Å². The van der Waals surface area contributed by atoms with E-state index in [1.807, 2.05) is 61.5 Å². The first-order chi connectivity index (χ1) is 18.4. The average Bonchev–Trinajstić information content (AvgIpc) is 3.63. The lowest BCUT2D eigenvalue weighted by atomic mass is 9.66. The smallest absolute Gasteiger partial charge is 0.247 e. The van der Waals surface area contributed by atoms with E-state index in [9.17, 15) is 19.5 Å². The fourth-order valence-corrected chi connectivity index (χ4v) is 6.65. The molecular weight excluding hydrogens is 488 g/mol. The zero-order valence-electron chi connectivity index (χ0n) is 21.0. The second-order valence-corrected chi connectivity index (χ2v) is 10.5. The molecule has 3 aliphatic rings. The minimum absolute atomic E-state index is 0.0279. The largest absolute Gasteiger partial charge is 0.395 e. The minimum atomic E-state index is -1.15. The standard InChI is InChI=1S/C27H30N6O5/c1-26-11-12-27(38-26)21(20(26)23(35)28-15-17-7-3-2-4-8-17)25(37)32(13-14-34)22(27)24(36)29-16-33-19-10-6-5-9-18(19)30-31-33/h2-10,20-22,34H,11-16H2,1H3,(H,28,35)(H,29,36)/t20-,21-,22?,26+,27?/m0/s1. The van der Waals surface area contributed by atoms with Crippen molar-refractivity contribution in [2.75, 3.05) is 13.2 Å². The molecule has 0 radical (unpaired) electrons. The maximum absolute atomic E-state index is 13.8. The number of nitrogens with one attached hydrogen (secondary N) is 2. The third-order valence-corrected chi connectivity index (χ3v) is 8.28. The molecule has 3 amide bonds. The van der Waals surface area contributed by atoms with Gasteiger partial charge < -0.3 is 25.4 Å².